The van der Waals surface area contributed by atoms with Gasteiger partial charge in [-0.3, -0.25) is 29.3 Å². The molecule has 0 heterocycles. The molecule has 1 aliphatic rings. The lowest BCUT2D eigenvalue weighted by Crippen LogP contribution is -2.43. The summed E-state index contributed by atoms with van der Waals surface area (Å²) in [5, 5.41) is 20.4. The van der Waals surface area contributed by atoms with E-state index in [-0.39, 0.29) is 22.3 Å². The van der Waals surface area contributed by atoms with Crippen LogP contribution in [0.5, 0.6) is 0 Å². The summed E-state index contributed by atoms with van der Waals surface area (Å²) < 4.78 is 5.20. The second kappa shape index (κ2) is 6.69. The predicted octanol–water partition coefficient (Wildman–Crippen LogP) is 2.06. The van der Waals surface area contributed by atoms with Crippen LogP contribution in [0.2, 0.25) is 0 Å². The minimum atomic E-state index is -2.51. The largest absolute Gasteiger partial charge is 0.481 e. The Kier molecular flexibility index (Phi) is 4.52. The number of aliphatic carboxylic acids is 1. The number of nitrogens with zero attached hydrogens (tertiary/aromatic N) is 1. The lowest BCUT2D eigenvalue weighted by Gasteiger charge is -2.27. The van der Waals surface area contributed by atoms with Crippen molar-refractivity contribution in [3.63, 3.8) is 0 Å². The number of ether oxygens (including phenoxy) is 1. The Labute approximate surface area is 157 Å². The van der Waals surface area contributed by atoms with E-state index in [9.17, 15) is 34.4 Å². The highest BCUT2D eigenvalue weighted by molar-refractivity contribution is 6.32. The van der Waals surface area contributed by atoms with E-state index in [2.05, 4.69) is 0 Å². The van der Waals surface area contributed by atoms with Gasteiger partial charge in [0.15, 0.2) is 0 Å². The molecule has 0 radical (unpaired) electrons. The van der Waals surface area contributed by atoms with Crippen LogP contribution < -0.4 is 0 Å². The van der Waals surface area contributed by atoms with Gasteiger partial charge in [0.2, 0.25) is 11.6 Å². The number of nitro groups is 1. The molecule has 1 aliphatic carbocycles. The first-order chi connectivity index (χ1) is 13.2. The highest BCUT2D eigenvalue weighted by atomic mass is 16.6. The summed E-state index contributed by atoms with van der Waals surface area (Å²) in [4.78, 5) is 59.8. The minimum absolute atomic E-state index is 0.0125. The van der Waals surface area contributed by atoms with Gasteiger partial charge in [0.25, 0.3) is 11.3 Å². The van der Waals surface area contributed by atoms with Gasteiger partial charge in [-0.05, 0) is 5.56 Å². The van der Waals surface area contributed by atoms with Crippen LogP contribution in [0.4, 0.5) is 5.69 Å². The first-order valence-electron chi connectivity index (χ1n) is 8.06. The van der Waals surface area contributed by atoms with Crippen molar-refractivity contribution >= 4 is 29.2 Å². The summed E-state index contributed by atoms with van der Waals surface area (Å²) in [6.45, 7) is 0.986. The zero-order chi connectivity index (χ0) is 20.6. The average Bonchev–Trinajstić information content (AvgIpc) is 2.84. The summed E-state index contributed by atoms with van der Waals surface area (Å²) in [6.07, 6.45) is -0.632. The molecule has 142 valence electrons. The van der Waals surface area contributed by atoms with Crippen LogP contribution in [-0.4, -0.2) is 33.5 Å². The van der Waals surface area contributed by atoms with Gasteiger partial charge in [-0.1, -0.05) is 30.3 Å². The van der Waals surface area contributed by atoms with Crippen molar-refractivity contribution in [1.82, 2.24) is 0 Å². The van der Waals surface area contributed by atoms with Crippen LogP contribution in [0.1, 0.15) is 38.8 Å². The lowest BCUT2D eigenvalue weighted by atomic mass is 9.83. The third-order valence-electron chi connectivity index (χ3n) is 4.38. The van der Waals surface area contributed by atoms with E-state index in [1.165, 1.54) is 24.3 Å². The standard InChI is InChI=1S/C19H13NO8/c1-10(21)28-19(17(24)13-4-2-3-5-14(13)18(19)25)15-9-12(20(26)27)7-6-11(15)8-16(22)23/h2-7,9H,8H2,1H3,(H,22,23). The Morgan fingerprint density at radius 1 is 1.11 bits per heavy atom. The molecule has 0 aliphatic heterocycles. The number of esters is 1. The van der Waals surface area contributed by atoms with E-state index >= 15 is 0 Å². The number of carbonyl (C=O) groups is 4. The third kappa shape index (κ3) is 2.82. The zero-order valence-corrected chi connectivity index (χ0v) is 14.5. The quantitative estimate of drug-likeness (QED) is 0.358. The van der Waals surface area contributed by atoms with Crippen LogP contribution in [0.25, 0.3) is 0 Å². The van der Waals surface area contributed by atoms with Crippen LogP contribution in [0.3, 0.4) is 0 Å². The van der Waals surface area contributed by atoms with E-state index in [0.29, 0.717) is 0 Å². The van der Waals surface area contributed by atoms with Gasteiger partial charge in [0, 0.05) is 35.7 Å². The molecule has 0 saturated carbocycles. The molecule has 0 aromatic heterocycles. The molecule has 0 unspecified atom stereocenters. The number of nitro benzene ring substituents is 1. The maximum absolute atomic E-state index is 13.2. The first-order valence-corrected chi connectivity index (χ1v) is 8.06. The summed E-state index contributed by atoms with van der Waals surface area (Å²) in [7, 11) is 0. The maximum atomic E-state index is 13.2. The van der Waals surface area contributed by atoms with Gasteiger partial charge in [-0.2, -0.15) is 0 Å². The van der Waals surface area contributed by atoms with E-state index in [1.54, 1.807) is 0 Å². The molecule has 0 bridgehead atoms. The number of carboxylic acid groups (broad SMARTS) is 1. The Morgan fingerprint density at radius 2 is 1.68 bits per heavy atom. The van der Waals surface area contributed by atoms with E-state index in [1.807, 2.05) is 0 Å². The molecule has 0 atom stereocenters. The number of ketones is 2. The molecule has 28 heavy (non-hydrogen) atoms. The van der Waals surface area contributed by atoms with Crippen molar-refractivity contribution in [3.8, 4) is 0 Å². The minimum Gasteiger partial charge on any atom is -0.481 e. The molecule has 9 heteroatoms. The van der Waals surface area contributed by atoms with Crippen LogP contribution in [-0.2, 0) is 26.3 Å². The van der Waals surface area contributed by atoms with Crippen molar-refractivity contribution < 1.29 is 33.9 Å². The first kappa shape index (κ1) is 18.9. The topological polar surface area (TPSA) is 141 Å². The number of non-ortho nitro benzene ring substituents is 1. The molecular weight excluding hydrogens is 370 g/mol. The van der Waals surface area contributed by atoms with Crippen molar-refractivity contribution in [1.29, 1.82) is 0 Å². The van der Waals surface area contributed by atoms with E-state index in [4.69, 9.17) is 4.74 Å². The number of hydrogen-bond acceptors (Lipinski definition) is 7. The normalized spacial score (nSPS) is 14.5. The summed E-state index contributed by atoms with van der Waals surface area (Å²) in [5.74, 6) is -4.02. The molecule has 3 rings (SSSR count). The SMILES string of the molecule is CC(=O)OC1(c2cc([N+](=O)[O-])ccc2CC(=O)O)C(=O)c2ccccc2C1=O. The molecule has 0 spiro atoms. The number of benzene rings is 2. The summed E-state index contributed by atoms with van der Waals surface area (Å²) in [6, 6.07) is 8.86. The second-order valence-corrected chi connectivity index (χ2v) is 6.15. The van der Waals surface area contributed by atoms with Crippen molar-refractivity contribution in [3.05, 3.63) is 74.8 Å². The number of hydrogen-bond donors (Lipinski definition) is 1. The van der Waals surface area contributed by atoms with Gasteiger partial charge in [0.05, 0.1) is 11.3 Å². The number of rotatable bonds is 5. The van der Waals surface area contributed by atoms with Gasteiger partial charge in [-0.15, -0.1) is 0 Å². The fraction of sp³-hybridized carbons (Fsp3) is 0.158. The Morgan fingerprint density at radius 3 is 2.14 bits per heavy atom. The zero-order valence-electron chi connectivity index (χ0n) is 14.5. The fourth-order valence-corrected chi connectivity index (χ4v) is 3.29. The molecule has 0 amide bonds. The predicted molar refractivity (Wildman–Crippen MR) is 93.0 cm³/mol. The van der Waals surface area contributed by atoms with Crippen LogP contribution in [0, 0.1) is 10.1 Å². The number of Topliss-reactive ketones (excluding diaryl/α,β-unsaturated/α-hetero) is 2. The average molecular weight is 383 g/mol. The Hall–Kier alpha value is -3.88. The fourth-order valence-electron chi connectivity index (χ4n) is 3.29. The smallest absolute Gasteiger partial charge is 0.307 e. The molecule has 1 N–H and O–H groups in total. The van der Waals surface area contributed by atoms with Crippen molar-refractivity contribution in [2.75, 3.05) is 0 Å². The Balaban J connectivity index is 2.35. The summed E-state index contributed by atoms with van der Waals surface area (Å²) >= 11 is 0. The van der Waals surface area contributed by atoms with Crippen LogP contribution in [0.15, 0.2) is 42.5 Å². The van der Waals surface area contributed by atoms with Crippen molar-refractivity contribution in [2.45, 2.75) is 18.9 Å². The van der Waals surface area contributed by atoms with Crippen LogP contribution >= 0.6 is 0 Å². The lowest BCUT2D eigenvalue weighted by molar-refractivity contribution is -0.385. The highest BCUT2D eigenvalue weighted by Gasteiger charge is 2.58. The van der Waals surface area contributed by atoms with Gasteiger partial charge < -0.3 is 9.84 Å². The number of carboxylic acids is 1. The number of carbonyl (C=O) groups excluding carboxylic acids is 3. The molecular formula is C19H13NO8. The second-order valence-electron chi connectivity index (χ2n) is 6.15. The molecule has 0 fully saturated rings. The van der Waals surface area contributed by atoms with Gasteiger partial charge in [-0.25, -0.2) is 0 Å². The monoisotopic (exact) mass is 383 g/mol. The molecule has 2 aromatic rings. The summed E-state index contributed by atoms with van der Waals surface area (Å²) in [5.41, 5.74) is -3.39. The maximum Gasteiger partial charge on any atom is 0.307 e. The molecule has 2 aromatic carbocycles. The Bertz CT molecular complexity index is 1020. The number of fused-ring (bicyclic) bond motifs is 1. The van der Waals surface area contributed by atoms with E-state index < -0.39 is 46.1 Å². The molecule has 0 saturated heterocycles. The van der Waals surface area contributed by atoms with Crippen molar-refractivity contribution in [2.24, 2.45) is 0 Å². The highest BCUT2D eigenvalue weighted by Crippen LogP contribution is 2.43. The van der Waals surface area contributed by atoms with Gasteiger partial charge >= 0.3 is 11.9 Å². The third-order valence-corrected chi connectivity index (χ3v) is 4.38. The molecule has 9 nitrogen and oxygen atoms in total. The van der Waals surface area contributed by atoms with Gasteiger partial charge in [0.1, 0.15) is 0 Å². The van der Waals surface area contributed by atoms with E-state index in [0.717, 1.165) is 25.1 Å².